The number of carbonyl (C=O) groups is 1. The van der Waals surface area contributed by atoms with Gasteiger partial charge in [-0.3, -0.25) is 9.59 Å². The zero-order chi connectivity index (χ0) is 24.5. The maximum Gasteiger partial charge on any atom is 0.266 e. The Labute approximate surface area is 198 Å². The first-order chi connectivity index (χ1) is 16.2. The zero-order valence-electron chi connectivity index (χ0n) is 19.2. The number of anilines is 1. The molecule has 1 aliphatic rings. The van der Waals surface area contributed by atoms with Crippen LogP contribution in [0.5, 0.6) is 5.75 Å². The second-order valence-electron chi connectivity index (χ2n) is 8.14. The third-order valence-corrected chi connectivity index (χ3v) is 7.24. The summed E-state index contributed by atoms with van der Waals surface area (Å²) in [4.78, 5) is 25.9. The van der Waals surface area contributed by atoms with E-state index in [1.165, 1.54) is 23.7 Å². The fraction of sp³-hybridized carbons (Fsp3) is 0.292. The molecule has 1 amide bonds. The number of amides is 1. The number of benzene rings is 2. The van der Waals surface area contributed by atoms with Crippen LogP contribution >= 0.6 is 0 Å². The number of carbonyl (C=O) groups excluding carboxylic acids is 1. The molecule has 2 aromatic carbocycles. The molecule has 0 spiro atoms. The quantitative estimate of drug-likeness (QED) is 0.553. The molecule has 1 aliphatic heterocycles. The van der Waals surface area contributed by atoms with E-state index in [-0.39, 0.29) is 35.5 Å². The summed E-state index contributed by atoms with van der Waals surface area (Å²) in [5.41, 5.74) is 2.63. The van der Waals surface area contributed by atoms with E-state index in [9.17, 15) is 18.0 Å². The van der Waals surface area contributed by atoms with Gasteiger partial charge in [0.05, 0.1) is 24.2 Å². The van der Waals surface area contributed by atoms with Gasteiger partial charge in [0.2, 0.25) is 15.9 Å². The molecule has 1 N–H and O–H groups in total. The number of fused-ring (bicyclic) bond motifs is 1. The van der Waals surface area contributed by atoms with Crippen LogP contribution in [0.3, 0.4) is 0 Å². The van der Waals surface area contributed by atoms with E-state index in [1.54, 1.807) is 42.3 Å². The van der Waals surface area contributed by atoms with Crippen LogP contribution in [0.15, 0.2) is 64.3 Å². The third-order valence-electron chi connectivity index (χ3n) is 5.78. The minimum absolute atomic E-state index is 0.00559. The molecule has 1 aromatic heterocycles. The van der Waals surface area contributed by atoms with E-state index in [0.717, 1.165) is 16.8 Å². The second-order valence-corrected chi connectivity index (χ2v) is 9.91. The lowest BCUT2D eigenvalue weighted by Gasteiger charge is -2.20. The second kappa shape index (κ2) is 9.40. The molecule has 2 heterocycles. The number of rotatable bonds is 7. The van der Waals surface area contributed by atoms with E-state index < -0.39 is 10.0 Å². The van der Waals surface area contributed by atoms with Gasteiger partial charge in [0.1, 0.15) is 5.75 Å². The predicted octanol–water partition coefficient (Wildman–Crippen LogP) is 2.19. The third kappa shape index (κ3) is 4.73. The molecule has 1 atom stereocenters. The number of nitrogens with zero attached hydrogens (tertiary/aromatic N) is 3. The summed E-state index contributed by atoms with van der Waals surface area (Å²) in [6.07, 6.45) is 0.593. The SMILES string of the molecule is COc1ccc(-c2ccc(=O)n(CCNS(=O)(=O)c3ccc4c(c3)CC(C)N4C(C)=O)n2)cc1. The van der Waals surface area contributed by atoms with Gasteiger partial charge in [0, 0.05) is 36.8 Å². The van der Waals surface area contributed by atoms with Crippen molar-refractivity contribution in [3.8, 4) is 17.0 Å². The summed E-state index contributed by atoms with van der Waals surface area (Å²) >= 11 is 0. The summed E-state index contributed by atoms with van der Waals surface area (Å²) < 4.78 is 34.6. The molecule has 1 unspecified atom stereocenters. The van der Waals surface area contributed by atoms with Crippen molar-refractivity contribution >= 4 is 21.6 Å². The van der Waals surface area contributed by atoms with Crippen molar-refractivity contribution in [1.82, 2.24) is 14.5 Å². The van der Waals surface area contributed by atoms with Crippen LogP contribution in [0.2, 0.25) is 0 Å². The molecular weight excluding hydrogens is 456 g/mol. The van der Waals surface area contributed by atoms with Crippen molar-refractivity contribution in [3.05, 3.63) is 70.5 Å². The van der Waals surface area contributed by atoms with Crippen LogP contribution in [0.25, 0.3) is 11.3 Å². The van der Waals surface area contributed by atoms with Crippen molar-refractivity contribution in [1.29, 1.82) is 0 Å². The summed E-state index contributed by atoms with van der Waals surface area (Å²) in [6, 6.07) is 15.0. The average Bonchev–Trinajstić information content (AvgIpc) is 3.15. The average molecular weight is 483 g/mol. The maximum atomic E-state index is 12.8. The highest BCUT2D eigenvalue weighted by molar-refractivity contribution is 7.89. The van der Waals surface area contributed by atoms with E-state index in [4.69, 9.17) is 4.74 Å². The van der Waals surface area contributed by atoms with Gasteiger partial charge in [-0.2, -0.15) is 5.10 Å². The van der Waals surface area contributed by atoms with Crippen LogP contribution in [0, 0.1) is 0 Å². The Morgan fingerprint density at radius 1 is 1.15 bits per heavy atom. The highest BCUT2D eigenvalue weighted by Crippen LogP contribution is 2.33. The lowest BCUT2D eigenvalue weighted by molar-refractivity contribution is -0.116. The highest BCUT2D eigenvalue weighted by atomic mass is 32.2. The monoisotopic (exact) mass is 482 g/mol. The number of hydrogen-bond donors (Lipinski definition) is 1. The Balaban J connectivity index is 1.46. The lowest BCUT2D eigenvalue weighted by atomic mass is 10.1. The highest BCUT2D eigenvalue weighted by Gasteiger charge is 2.30. The van der Waals surface area contributed by atoms with Gasteiger partial charge in [0.25, 0.3) is 5.56 Å². The van der Waals surface area contributed by atoms with Gasteiger partial charge in [-0.25, -0.2) is 17.8 Å². The van der Waals surface area contributed by atoms with Crippen molar-refractivity contribution in [2.75, 3.05) is 18.6 Å². The molecule has 0 bridgehead atoms. The number of methoxy groups -OCH3 is 1. The van der Waals surface area contributed by atoms with Crippen LogP contribution in [-0.2, 0) is 27.8 Å². The lowest BCUT2D eigenvalue weighted by Crippen LogP contribution is -2.33. The summed E-state index contributed by atoms with van der Waals surface area (Å²) in [6.45, 7) is 3.49. The number of ether oxygens (including phenoxy) is 1. The molecule has 0 aliphatic carbocycles. The molecule has 4 rings (SSSR count). The Morgan fingerprint density at radius 2 is 1.88 bits per heavy atom. The summed E-state index contributed by atoms with van der Waals surface area (Å²) in [7, 11) is -2.22. The van der Waals surface area contributed by atoms with E-state index in [2.05, 4.69) is 9.82 Å². The fourth-order valence-electron chi connectivity index (χ4n) is 4.15. The van der Waals surface area contributed by atoms with Crippen molar-refractivity contribution < 1.29 is 17.9 Å². The number of hydrogen-bond acceptors (Lipinski definition) is 6. The number of aromatic nitrogens is 2. The standard InChI is InChI=1S/C24H26N4O5S/c1-16-14-19-15-21(8-10-23(19)28(16)17(2)29)34(31,32)25-12-13-27-24(30)11-9-22(26-27)18-4-6-20(33-3)7-5-18/h4-11,15-16,25H,12-14H2,1-3H3. The Kier molecular flexibility index (Phi) is 6.54. The van der Waals surface area contributed by atoms with Gasteiger partial charge in [-0.05, 0) is 67.4 Å². The molecule has 10 heteroatoms. The van der Waals surface area contributed by atoms with Crippen LogP contribution in [-0.4, -0.2) is 43.8 Å². The summed E-state index contributed by atoms with van der Waals surface area (Å²) in [5.74, 6) is 0.635. The zero-order valence-corrected chi connectivity index (χ0v) is 20.0. The first-order valence-corrected chi connectivity index (χ1v) is 12.3. The smallest absolute Gasteiger partial charge is 0.266 e. The molecular formula is C24H26N4O5S. The van der Waals surface area contributed by atoms with Crippen LogP contribution in [0.1, 0.15) is 19.4 Å². The molecule has 0 saturated carbocycles. The normalized spacial score (nSPS) is 15.3. The Hall–Kier alpha value is -3.50. The fourth-order valence-corrected chi connectivity index (χ4v) is 5.22. The Morgan fingerprint density at radius 3 is 2.56 bits per heavy atom. The molecule has 9 nitrogen and oxygen atoms in total. The summed E-state index contributed by atoms with van der Waals surface area (Å²) in [5, 5.41) is 4.36. The molecule has 0 radical (unpaired) electrons. The van der Waals surface area contributed by atoms with Crippen LogP contribution in [0.4, 0.5) is 5.69 Å². The van der Waals surface area contributed by atoms with E-state index in [0.29, 0.717) is 17.9 Å². The van der Waals surface area contributed by atoms with Gasteiger partial charge in [-0.15, -0.1) is 0 Å². The minimum atomic E-state index is -3.80. The number of sulfonamides is 1. The molecule has 3 aromatic rings. The van der Waals surface area contributed by atoms with E-state index in [1.807, 2.05) is 19.1 Å². The van der Waals surface area contributed by atoms with Gasteiger partial charge in [-0.1, -0.05) is 0 Å². The van der Waals surface area contributed by atoms with E-state index >= 15 is 0 Å². The van der Waals surface area contributed by atoms with Gasteiger partial charge >= 0.3 is 0 Å². The topological polar surface area (TPSA) is 111 Å². The first-order valence-electron chi connectivity index (χ1n) is 10.8. The van der Waals surface area contributed by atoms with Crippen LogP contribution < -0.4 is 19.9 Å². The van der Waals surface area contributed by atoms with Crippen molar-refractivity contribution in [3.63, 3.8) is 0 Å². The first kappa shape index (κ1) is 23.7. The minimum Gasteiger partial charge on any atom is -0.497 e. The maximum absolute atomic E-state index is 12.8. The largest absolute Gasteiger partial charge is 0.497 e. The molecule has 0 saturated heterocycles. The molecule has 178 valence electrons. The molecule has 0 fully saturated rings. The van der Waals surface area contributed by atoms with Crippen molar-refractivity contribution in [2.45, 2.75) is 37.8 Å². The Bertz CT molecular complexity index is 1380. The molecule has 34 heavy (non-hydrogen) atoms. The van der Waals surface area contributed by atoms with Gasteiger partial charge in [0.15, 0.2) is 0 Å². The van der Waals surface area contributed by atoms with Crippen molar-refractivity contribution in [2.24, 2.45) is 0 Å². The predicted molar refractivity (Wildman–Crippen MR) is 128 cm³/mol. The van der Waals surface area contributed by atoms with Gasteiger partial charge < -0.3 is 9.64 Å². The number of nitrogens with one attached hydrogen (secondary N) is 1.